The van der Waals surface area contributed by atoms with Gasteiger partial charge >= 0.3 is 0 Å². The highest BCUT2D eigenvalue weighted by Gasteiger charge is 2.19. The summed E-state index contributed by atoms with van der Waals surface area (Å²) in [5.41, 5.74) is 18.9. The lowest BCUT2D eigenvalue weighted by Crippen LogP contribution is -2.16. The monoisotopic (exact) mass is 720 g/mol. The van der Waals surface area contributed by atoms with Crippen molar-refractivity contribution in [1.29, 1.82) is 5.41 Å². The van der Waals surface area contributed by atoms with Crippen molar-refractivity contribution in [2.75, 3.05) is 0 Å². The van der Waals surface area contributed by atoms with Gasteiger partial charge in [-0.1, -0.05) is 103 Å². The van der Waals surface area contributed by atoms with E-state index in [9.17, 15) is 0 Å². The molecule has 264 valence electrons. The molecule has 0 saturated carbocycles. The number of hydrogen-bond acceptors (Lipinski definition) is 3. The maximum atomic E-state index is 9.16. The van der Waals surface area contributed by atoms with E-state index in [0.717, 1.165) is 88.0 Å². The molecule has 0 unspecified atom stereocenters. The number of aliphatic imine (C=N–C) groups is 1. The molecule has 11 rings (SSSR count). The standard InChI is InChI=1S/C50H32N4O2/c51-49(32-22-24-42-39(27-32)35-16-7-9-19-41(35)54(42)34-14-5-2-6-15-34)53-50(52)37-18-11-21-45-48(37)40-26-31(23-25-44(40)55-45)38-28-33(30-12-3-1-4-13-30)29-46-47(38)36-17-8-10-20-43(36)56-46/h1-29H,(H3,51,52,53). The van der Waals surface area contributed by atoms with Gasteiger partial charge in [0.2, 0.25) is 0 Å². The summed E-state index contributed by atoms with van der Waals surface area (Å²) in [6, 6.07) is 59.8. The minimum Gasteiger partial charge on any atom is -0.456 e. The Bertz CT molecular complexity index is 3390. The summed E-state index contributed by atoms with van der Waals surface area (Å²) >= 11 is 0. The molecule has 0 aliphatic carbocycles. The van der Waals surface area contributed by atoms with Crippen LogP contribution in [0.15, 0.2) is 190 Å². The van der Waals surface area contributed by atoms with Gasteiger partial charge in [-0.3, -0.25) is 5.41 Å². The average Bonchev–Trinajstić information content (AvgIpc) is 3.93. The lowest BCUT2D eigenvalue weighted by molar-refractivity contribution is 0.669. The Hall–Kier alpha value is -7.70. The number of nitrogens with zero attached hydrogens (tertiary/aromatic N) is 2. The van der Waals surface area contributed by atoms with E-state index in [2.05, 4.69) is 95.6 Å². The highest BCUT2D eigenvalue weighted by molar-refractivity contribution is 6.22. The fraction of sp³-hybridized carbons (Fsp3) is 0. The van der Waals surface area contributed by atoms with Crippen LogP contribution >= 0.6 is 0 Å². The average molecular weight is 721 g/mol. The Kier molecular flexibility index (Phi) is 7.06. The molecule has 11 aromatic rings. The Morgan fingerprint density at radius 3 is 2.04 bits per heavy atom. The first-order valence-corrected chi connectivity index (χ1v) is 18.6. The first kappa shape index (κ1) is 31.8. The van der Waals surface area contributed by atoms with Crippen molar-refractivity contribution in [2.45, 2.75) is 0 Å². The van der Waals surface area contributed by atoms with Crippen LogP contribution in [0.3, 0.4) is 0 Å². The predicted octanol–water partition coefficient (Wildman–Crippen LogP) is 12.6. The molecule has 6 heteroatoms. The van der Waals surface area contributed by atoms with Gasteiger partial charge in [0.1, 0.15) is 28.2 Å². The molecule has 0 fully saturated rings. The number of benzene rings is 8. The molecule has 0 aliphatic heterocycles. The van der Waals surface area contributed by atoms with Crippen molar-refractivity contribution in [3.63, 3.8) is 0 Å². The maximum Gasteiger partial charge on any atom is 0.154 e. The van der Waals surface area contributed by atoms with Crippen molar-refractivity contribution < 1.29 is 8.83 Å². The van der Waals surface area contributed by atoms with Crippen molar-refractivity contribution in [3.05, 3.63) is 187 Å². The van der Waals surface area contributed by atoms with E-state index in [0.29, 0.717) is 16.7 Å². The fourth-order valence-corrected chi connectivity index (χ4v) is 8.31. The predicted molar refractivity (Wildman–Crippen MR) is 230 cm³/mol. The lowest BCUT2D eigenvalue weighted by Gasteiger charge is -2.09. The number of furan rings is 2. The number of nitrogens with one attached hydrogen (secondary N) is 1. The molecule has 56 heavy (non-hydrogen) atoms. The largest absolute Gasteiger partial charge is 0.456 e. The van der Waals surface area contributed by atoms with Gasteiger partial charge in [-0.05, 0) is 95.1 Å². The SMILES string of the molecule is N=C(N=C(N)c1cccc2oc3ccc(-c4cc(-c5ccccc5)cc5oc6ccccc6c45)cc3c12)c1ccc2c(c1)c1ccccc1n2-c1ccccc1. The number of aromatic nitrogens is 1. The molecule has 3 aromatic heterocycles. The highest BCUT2D eigenvalue weighted by atomic mass is 16.3. The molecular weight excluding hydrogens is 689 g/mol. The van der Waals surface area contributed by atoms with Gasteiger partial charge in [0.15, 0.2) is 5.84 Å². The van der Waals surface area contributed by atoms with Crippen LogP contribution in [-0.2, 0) is 0 Å². The third-order valence-electron chi connectivity index (χ3n) is 10.9. The van der Waals surface area contributed by atoms with Crippen LogP contribution in [0.2, 0.25) is 0 Å². The molecule has 0 radical (unpaired) electrons. The Morgan fingerprint density at radius 2 is 1.18 bits per heavy atom. The highest BCUT2D eigenvalue weighted by Crippen LogP contribution is 2.42. The summed E-state index contributed by atoms with van der Waals surface area (Å²) in [5.74, 6) is 0.327. The molecule has 0 saturated heterocycles. The summed E-state index contributed by atoms with van der Waals surface area (Å²) in [5, 5.41) is 15.2. The van der Waals surface area contributed by atoms with E-state index < -0.39 is 0 Å². The van der Waals surface area contributed by atoms with E-state index in [1.54, 1.807) is 0 Å². The van der Waals surface area contributed by atoms with E-state index in [1.807, 2.05) is 84.9 Å². The molecule has 0 bridgehead atoms. The van der Waals surface area contributed by atoms with Gasteiger partial charge in [0.25, 0.3) is 0 Å². The van der Waals surface area contributed by atoms with E-state index >= 15 is 0 Å². The first-order chi connectivity index (χ1) is 27.6. The van der Waals surface area contributed by atoms with Gasteiger partial charge < -0.3 is 19.1 Å². The van der Waals surface area contributed by atoms with Crippen LogP contribution in [-0.4, -0.2) is 16.2 Å². The molecule has 0 spiro atoms. The van der Waals surface area contributed by atoms with Crippen LogP contribution in [0.5, 0.6) is 0 Å². The molecule has 3 heterocycles. The number of hydrogen-bond donors (Lipinski definition) is 2. The molecule has 6 nitrogen and oxygen atoms in total. The molecule has 0 atom stereocenters. The number of fused-ring (bicyclic) bond motifs is 9. The van der Waals surface area contributed by atoms with Crippen LogP contribution < -0.4 is 5.73 Å². The maximum absolute atomic E-state index is 9.16. The number of amidine groups is 2. The van der Waals surface area contributed by atoms with Crippen LogP contribution in [0.1, 0.15) is 11.1 Å². The summed E-state index contributed by atoms with van der Waals surface area (Å²) in [7, 11) is 0. The first-order valence-electron chi connectivity index (χ1n) is 18.6. The number of nitrogens with two attached hydrogens (primary N) is 1. The Balaban J connectivity index is 1.04. The van der Waals surface area contributed by atoms with Gasteiger partial charge in [-0.2, -0.15) is 0 Å². The van der Waals surface area contributed by atoms with E-state index in [-0.39, 0.29) is 11.7 Å². The molecule has 0 aliphatic rings. The Labute approximate surface area is 320 Å². The van der Waals surface area contributed by atoms with Gasteiger partial charge in [-0.25, -0.2) is 4.99 Å². The second-order valence-corrected chi connectivity index (χ2v) is 14.1. The molecule has 3 N–H and O–H groups in total. The minimum atomic E-state index is 0.0818. The normalized spacial score (nSPS) is 12.2. The third-order valence-corrected chi connectivity index (χ3v) is 10.9. The molecule has 0 amide bonds. The zero-order valence-electron chi connectivity index (χ0n) is 30.0. The summed E-state index contributed by atoms with van der Waals surface area (Å²) < 4.78 is 15.1. The van der Waals surface area contributed by atoms with Crippen molar-refractivity contribution in [3.8, 4) is 27.9 Å². The van der Waals surface area contributed by atoms with Gasteiger partial charge in [-0.15, -0.1) is 0 Å². The topological polar surface area (TPSA) is 93.4 Å². The van der Waals surface area contributed by atoms with Crippen molar-refractivity contribution in [1.82, 2.24) is 4.57 Å². The lowest BCUT2D eigenvalue weighted by atomic mass is 9.93. The van der Waals surface area contributed by atoms with Crippen LogP contribution in [0.25, 0.3) is 93.6 Å². The van der Waals surface area contributed by atoms with Crippen LogP contribution in [0, 0.1) is 5.41 Å². The van der Waals surface area contributed by atoms with Crippen molar-refractivity contribution >= 4 is 77.4 Å². The summed E-state index contributed by atoms with van der Waals surface area (Å²) in [6.07, 6.45) is 0. The second-order valence-electron chi connectivity index (χ2n) is 14.1. The zero-order valence-corrected chi connectivity index (χ0v) is 30.0. The number of rotatable bonds is 5. The molecular formula is C50H32N4O2. The smallest absolute Gasteiger partial charge is 0.154 e. The third kappa shape index (κ3) is 4.97. The fourth-order valence-electron chi connectivity index (χ4n) is 8.31. The molecule has 8 aromatic carbocycles. The van der Waals surface area contributed by atoms with Crippen molar-refractivity contribution in [2.24, 2.45) is 10.7 Å². The van der Waals surface area contributed by atoms with E-state index in [4.69, 9.17) is 25.0 Å². The Morgan fingerprint density at radius 1 is 0.482 bits per heavy atom. The van der Waals surface area contributed by atoms with Gasteiger partial charge in [0, 0.05) is 49.1 Å². The van der Waals surface area contributed by atoms with Gasteiger partial charge in [0.05, 0.1) is 11.0 Å². The zero-order chi connectivity index (χ0) is 37.3. The quantitative estimate of drug-likeness (QED) is 0.137. The van der Waals surface area contributed by atoms with E-state index in [1.165, 1.54) is 0 Å². The minimum absolute atomic E-state index is 0.0818. The van der Waals surface area contributed by atoms with Crippen LogP contribution in [0.4, 0.5) is 0 Å². The second kappa shape index (κ2) is 12.4. The summed E-state index contributed by atoms with van der Waals surface area (Å²) in [6.45, 7) is 0. The summed E-state index contributed by atoms with van der Waals surface area (Å²) in [4.78, 5) is 4.72. The number of para-hydroxylation sites is 3.